The summed E-state index contributed by atoms with van der Waals surface area (Å²) in [5, 5.41) is 68.4. The van der Waals surface area contributed by atoms with Gasteiger partial charge in [-0.1, -0.05) is 6.08 Å². The lowest BCUT2D eigenvalue weighted by molar-refractivity contribution is -0.339. The summed E-state index contributed by atoms with van der Waals surface area (Å²) in [4.78, 5) is 24.8. The number of aromatic hydroxyl groups is 3. The number of methoxy groups -OCH3 is 1. The average molecular weight is 542 g/mol. The molecule has 2 aliphatic heterocycles. The molecule has 2 aliphatic rings. The Bertz CT molecular complexity index is 1030. The van der Waals surface area contributed by atoms with Crippen molar-refractivity contribution in [3.63, 3.8) is 0 Å². The smallest absolute Gasteiger partial charge is 0.338 e. The van der Waals surface area contributed by atoms with Crippen molar-refractivity contribution in [1.29, 1.82) is 0 Å². The fraction of sp³-hybridized carbons (Fsp3) is 0.500. The maximum atomic E-state index is 12.4. The van der Waals surface area contributed by atoms with Gasteiger partial charge in [-0.3, -0.25) is 0 Å². The lowest BCUT2D eigenvalue weighted by Gasteiger charge is -2.43. The first kappa shape index (κ1) is 29.2. The summed E-state index contributed by atoms with van der Waals surface area (Å²) in [7, 11) is 1.16. The van der Waals surface area contributed by atoms with Gasteiger partial charge in [0.05, 0.1) is 37.7 Å². The quantitative estimate of drug-likeness (QED) is 0.113. The van der Waals surface area contributed by atoms with Crippen LogP contribution in [0.5, 0.6) is 17.2 Å². The molecule has 1 saturated heterocycles. The van der Waals surface area contributed by atoms with Crippen LogP contribution >= 0.6 is 0 Å². The first-order valence-corrected chi connectivity index (χ1v) is 11.5. The van der Waals surface area contributed by atoms with E-state index in [0.717, 1.165) is 25.5 Å². The van der Waals surface area contributed by atoms with Crippen molar-refractivity contribution in [2.75, 3.05) is 20.3 Å². The molecule has 7 N–H and O–H groups in total. The van der Waals surface area contributed by atoms with Gasteiger partial charge in [-0.05, 0) is 18.6 Å². The lowest BCUT2D eigenvalue weighted by atomic mass is 9.82. The van der Waals surface area contributed by atoms with Crippen LogP contribution in [-0.4, -0.2) is 105 Å². The van der Waals surface area contributed by atoms with Crippen LogP contribution in [0.4, 0.5) is 0 Å². The Labute approximate surface area is 216 Å². The van der Waals surface area contributed by atoms with E-state index >= 15 is 0 Å². The van der Waals surface area contributed by atoms with Crippen molar-refractivity contribution < 1.29 is 69.0 Å². The third-order valence-corrected chi connectivity index (χ3v) is 6.28. The molecule has 0 bridgehead atoms. The number of hydrogen-bond acceptors (Lipinski definition) is 14. The molecule has 38 heavy (non-hydrogen) atoms. The van der Waals surface area contributed by atoms with Gasteiger partial charge in [0, 0.05) is 11.8 Å². The third kappa shape index (κ3) is 6.01. The minimum Gasteiger partial charge on any atom is -0.504 e. The summed E-state index contributed by atoms with van der Waals surface area (Å²) < 4.78 is 26.6. The second-order valence-electron chi connectivity index (χ2n) is 8.61. The second-order valence-corrected chi connectivity index (χ2v) is 8.61. The summed E-state index contributed by atoms with van der Waals surface area (Å²) >= 11 is 0. The largest absolute Gasteiger partial charge is 0.504 e. The number of carbonyl (C=O) groups excluding carboxylic acids is 2. The number of hydrogen-bond donors (Lipinski definition) is 7. The molecule has 3 rings (SSSR count). The predicted octanol–water partition coefficient (Wildman–Crippen LogP) is -1.00. The van der Waals surface area contributed by atoms with Gasteiger partial charge in [-0.15, -0.1) is 6.58 Å². The molecule has 0 saturated carbocycles. The maximum absolute atomic E-state index is 12.4. The van der Waals surface area contributed by atoms with E-state index in [-0.39, 0.29) is 24.2 Å². The molecule has 1 fully saturated rings. The number of aliphatic hydroxyl groups excluding tert-OH is 4. The average Bonchev–Trinajstić information content (AvgIpc) is 2.91. The van der Waals surface area contributed by atoms with Crippen molar-refractivity contribution in [3.8, 4) is 17.2 Å². The Kier molecular flexibility index (Phi) is 9.54. The first-order valence-electron chi connectivity index (χ1n) is 11.5. The van der Waals surface area contributed by atoms with Gasteiger partial charge >= 0.3 is 11.9 Å². The molecular weight excluding hydrogens is 512 g/mol. The van der Waals surface area contributed by atoms with E-state index in [0.29, 0.717) is 0 Å². The molecular formula is C24H30O14. The van der Waals surface area contributed by atoms with Gasteiger partial charge in [0.15, 0.2) is 23.5 Å². The standard InChI is InChI=1S/C24H30O14/c1-3-11-12(4-5-35-21(32)10-6-14(26)17(28)15(27)7-10)13(22(33)34-2)9-36-23(11)38-24-20(31)19(30)18(29)16(8-25)37-24/h3,6-7,9,11-12,16,18-20,23-31H,1,4-5,8H2,2H3/t11-,12+,16+,18-,19-,20+,23+,24-/m1/s1. The summed E-state index contributed by atoms with van der Waals surface area (Å²) in [5.41, 5.74) is -0.181. The highest BCUT2D eigenvalue weighted by atomic mass is 16.8. The molecule has 0 amide bonds. The summed E-state index contributed by atoms with van der Waals surface area (Å²) in [6, 6.07) is 1.81. The van der Waals surface area contributed by atoms with E-state index in [1.807, 2.05) is 0 Å². The molecule has 1 aromatic carbocycles. The van der Waals surface area contributed by atoms with Gasteiger partial charge in [-0.2, -0.15) is 0 Å². The Balaban J connectivity index is 1.75. The van der Waals surface area contributed by atoms with Crippen LogP contribution in [0.25, 0.3) is 0 Å². The van der Waals surface area contributed by atoms with Gasteiger partial charge in [0.25, 0.3) is 0 Å². The Morgan fingerprint density at radius 3 is 2.26 bits per heavy atom. The molecule has 0 spiro atoms. The lowest BCUT2D eigenvalue weighted by Crippen LogP contribution is -2.60. The van der Waals surface area contributed by atoms with Crippen LogP contribution in [0.2, 0.25) is 0 Å². The molecule has 1 aromatic rings. The molecule has 8 atom stereocenters. The fourth-order valence-corrected chi connectivity index (χ4v) is 4.17. The molecule has 14 heteroatoms. The first-order chi connectivity index (χ1) is 18.0. The molecule has 2 heterocycles. The van der Waals surface area contributed by atoms with E-state index in [1.165, 1.54) is 6.08 Å². The van der Waals surface area contributed by atoms with E-state index in [1.54, 1.807) is 0 Å². The summed E-state index contributed by atoms with van der Waals surface area (Å²) in [6.07, 6.45) is -6.49. The highest BCUT2D eigenvalue weighted by Crippen LogP contribution is 2.38. The number of esters is 2. The highest BCUT2D eigenvalue weighted by Gasteiger charge is 2.47. The van der Waals surface area contributed by atoms with E-state index in [9.17, 15) is 45.3 Å². The molecule has 0 aliphatic carbocycles. The molecule has 210 valence electrons. The van der Waals surface area contributed by atoms with E-state index < -0.39 is 84.6 Å². The number of rotatable bonds is 9. The van der Waals surface area contributed by atoms with Crippen LogP contribution < -0.4 is 0 Å². The van der Waals surface area contributed by atoms with Crippen molar-refractivity contribution in [1.82, 2.24) is 0 Å². The van der Waals surface area contributed by atoms with Crippen molar-refractivity contribution in [2.24, 2.45) is 11.8 Å². The number of aliphatic hydroxyl groups is 4. The maximum Gasteiger partial charge on any atom is 0.338 e. The zero-order valence-corrected chi connectivity index (χ0v) is 20.2. The molecule has 0 unspecified atom stereocenters. The van der Waals surface area contributed by atoms with Gasteiger partial charge in [0.2, 0.25) is 6.29 Å². The predicted molar refractivity (Wildman–Crippen MR) is 123 cm³/mol. The zero-order chi connectivity index (χ0) is 28.1. The van der Waals surface area contributed by atoms with Crippen molar-refractivity contribution in [3.05, 3.63) is 42.2 Å². The normalized spacial score (nSPS) is 31.0. The minimum atomic E-state index is -1.70. The third-order valence-electron chi connectivity index (χ3n) is 6.28. The van der Waals surface area contributed by atoms with E-state index in [2.05, 4.69) is 6.58 Å². The Morgan fingerprint density at radius 1 is 1.03 bits per heavy atom. The Morgan fingerprint density at radius 2 is 1.68 bits per heavy atom. The minimum absolute atomic E-state index is 0.0112. The Hall–Kier alpha value is -3.40. The zero-order valence-electron chi connectivity index (χ0n) is 20.2. The molecule has 0 aromatic heterocycles. The fourth-order valence-electron chi connectivity index (χ4n) is 4.17. The topological polar surface area (TPSA) is 222 Å². The van der Waals surface area contributed by atoms with Crippen LogP contribution in [0, 0.1) is 11.8 Å². The molecule has 14 nitrogen and oxygen atoms in total. The van der Waals surface area contributed by atoms with Gasteiger partial charge < -0.3 is 59.4 Å². The van der Waals surface area contributed by atoms with Crippen molar-refractivity contribution >= 4 is 11.9 Å². The monoisotopic (exact) mass is 542 g/mol. The number of carbonyl (C=O) groups is 2. The highest BCUT2D eigenvalue weighted by molar-refractivity contribution is 5.91. The van der Waals surface area contributed by atoms with Gasteiger partial charge in [0.1, 0.15) is 24.4 Å². The number of phenols is 3. The SMILES string of the molecule is C=C[C@H]1[C@H](O[C@H]2O[C@@H](CO)[C@@H](O)[C@@H](O)[C@@H]2O)OC=C(C(=O)OC)[C@H]1CCOC(=O)c1cc(O)c(O)c(O)c1. The van der Waals surface area contributed by atoms with Crippen LogP contribution in [0.15, 0.2) is 36.6 Å². The summed E-state index contributed by atoms with van der Waals surface area (Å²) in [5.74, 6) is -5.48. The summed E-state index contributed by atoms with van der Waals surface area (Å²) in [6.45, 7) is 2.80. The van der Waals surface area contributed by atoms with Crippen LogP contribution in [0.1, 0.15) is 16.8 Å². The van der Waals surface area contributed by atoms with Crippen LogP contribution in [0.3, 0.4) is 0 Å². The number of benzene rings is 1. The number of phenolic OH excluding ortho intramolecular Hbond substituents is 3. The second kappa shape index (κ2) is 12.4. The number of ether oxygens (including phenoxy) is 5. The van der Waals surface area contributed by atoms with Crippen LogP contribution in [-0.2, 0) is 28.5 Å². The van der Waals surface area contributed by atoms with E-state index in [4.69, 9.17) is 23.7 Å². The molecule has 0 radical (unpaired) electrons. The van der Waals surface area contributed by atoms with Crippen molar-refractivity contribution in [2.45, 2.75) is 43.4 Å². The van der Waals surface area contributed by atoms with Gasteiger partial charge in [-0.25, -0.2) is 9.59 Å².